The summed E-state index contributed by atoms with van der Waals surface area (Å²) in [7, 11) is 0. The Kier molecular flexibility index (Phi) is 3.06. The lowest BCUT2D eigenvalue weighted by Crippen LogP contribution is -2.22. The summed E-state index contributed by atoms with van der Waals surface area (Å²) in [5, 5.41) is 23.1. The maximum atomic E-state index is 11.6. The van der Waals surface area contributed by atoms with Gasteiger partial charge in [0.25, 0.3) is 11.2 Å². The highest BCUT2D eigenvalue weighted by Gasteiger charge is 2.11. The second-order valence-corrected chi connectivity index (χ2v) is 3.55. The Bertz CT molecular complexity index is 722. The van der Waals surface area contributed by atoms with Crippen LogP contribution in [0.2, 0.25) is 0 Å². The Labute approximate surface area is 105 Å². The summed E-state index contributed by atoms with van der Waals surface area (Å²) in [6.07, 6.45) is 0. The molecule has 2 aromatic rings. The largest absolute Gasteiger partial charge is 0.476 e. The number of aromatic carboxylic acids is 1. The molecule has 0 atom stereocenters. The summed E-state index contributed by atoms with van der Waals surface area (Å²) < 4.78 is 0.802. The molecule has 19 heavy (non-hydrogen) atoms. The predicted molar refractivity (Wildman–Crippen MR) is 63.4 cm³/mol. The Morgan fingerprint density at radius 1 is 1.32 bits per heavy atom. The first-order valence-electron chi connectivity index (χ1n) is 5.07. The molecule has 0 bridgehead atoms. The topological polar surface area (TPSA) is 115 Å². The molecule has 1 N–H and O–H groups in total. The van der Waals surface area contributed by atoms with Crippen molar-refractivity contribution in [1.82, 2.24) is 9.78 Å². The summed E-state index contributed by atoms with van der Waals surface area (Å²) in [5.41, 5.74) is -0.995. The van der Waals surface area contributed by atoms with Gasteiger partial charge < -0.3 is 5.11 Å². The van der Waals surface area contributed by atoms with Gasteiger partial charge in [-0.2, -0.15) is 9.78 Å². The molecule has 0 radical (unpaired) electrons. The van der Waals surface area contributed by atoms with Gasteiger partial charge in [0.15, 0.2) is 5.69 Å². The van der Waals surface area contributed by atoms with E-state index in [1.807, 2.05) is 0 Å². The van der Waals surface area contributed by atoms with Crippen molar-refractivity contribution in [3.63, 3.8) is 0 Å². The Hall–Kier alpha value is -3.03. The third-order valence-corrected chi connectivity index (χ3v) is 2.30. The Balaban J connectivity index is 2.61. The fourth-order valence-corrected chi connectivity index (χ4v) is 1.45. The van der Waals surface area contributed by atoms with Crippen molar-refractivity contribution in [2.24, 2.45) is 0 Å². The van der Waals surface area contributed by atoms with E-state index < -0.39 is 16.5 Å². The molecule has 0 unspecified atom stereocenters. The average Bonchev–Trinajstić information content (AvgIpc) is 2.39. The summed E-state index contributed by atoms with van der Waals surface area (Å²) in [5.74, 6) is -1.29. The van der Waals surface area contributed by atoms with Crippen LogP contribution < -0.4 is 5.56 Å². The number of nitro benzene ring substituents is 1. The minimum absolute atomic E-state index is 0.127. The van der Waals surface area contributed by atoms with E-state index in [9.17, 15) is 19.7 Å². The van der Waals surface area contributed by atoms with Crippen molar-refractivity contribution in [3.8, 4) is 5.69 Å². The normalized spacial score (nSPS) is 10.1. The Morgan fingerprint density at radius 3 is 2.68 bits per heavy atom. The average molecular weight is 261 g/mol. The van der Waals surface area contributed by atoms with E-state index in [1.54, 1.807) is 0 Å². The van der Waals surface area contributed by atoms with Gasteiger partial charge in [-0.1, -0.05) is 6.07 Å². The van der Waals surface area contributed by atoms with Crippen LogP contribution in [-0.2, 0) is 0 Å². The predicted octanol–water partition coefficient (Wildman–Crippen LogP) is 0.839. The molecule has 0 amide bonds. The highest BCUT2D eigenvalue weighted by atomic mass is 16.6. The molecule has 0 fully saturated rings. The standard InChI is InChI=1S/C11H7N3O5/c15-10-5-4-9(11(16)17)12-13(10)7-2-1-3-8(6-7)14(18)19/h1-6H,(H,16,17). The maximum absolute atomic E-state index is 11.6. The molecule has 0 spiro atoms. The first-order chi connectivity index (χ1) is 8.99. The number of rotatable bonds is 3. The van der Waals surface area contributed by atoms with Crippen LogP contribution in [0.1, 0.15) is 10.5 Å². The van der Waals surface area contributed by atoms with Crippen molar-refractivity contribution in [2.75, 3.05) is 0 Å². The molecular weight excluding hydrogens is 254 g/mol. The number of carboxylic acids is 1. The smallest absolute Gasteiger partial charge is 0.356 e. The van der Waals surface area contributed by atoms with E-state index >= 15 is 0 Å². The van der Waals surface area contributed by atoms with Gasteiger partial charge in [0, 0.05) is 18.2 Å². The third-order valence-electron chi connectivity index (χ3n) is 2.30. The molecule has 0 saturated carbocycles. The maximum Gasteiger partial charge on any atom is 0.356 e. The number of hydrogen-bond donors (Lipinski definition) is 1. The lowest BCUT2D eigenvalue weighted by atomic mass is 10.3. The van der Waals surface area contributed by atoms with Gasteiger partial charge >= 0.3 is 5.97 Å². The SMILES string of the molecule is O=C(O)c1ccc(=O)n(-c2cccc([N+](=O)[O-])c2)n1. The first-order valence-corrected chi connectivity index (χ1v) is 5.07. The molecule has 1 aromatic carbocycles. The number of nitro groups is 1. The summed E-state index contributed by atoms with van der Waals surface area (Å²) in [6.45, 7) is 0. The second kappa shape index (κ2) is 4.69. The lowest BCUT2D eigenvalue weighted by Gasteiger charge is -2.04. The van der Waals surface area contributed by atoms with Crippen LogP contribution in [0.25, 0.3) is 5.69 Å². The first kappa shape index (κ1) is 12.4. The molecule has 8 nitrogen and oxygen atoms in total. The van der Waals surface area contributed by atoms with E-state index in [2.05, 4.69) is 5.10 Å². The second-order valence-electron chi connectivity index (χ2n) is 3.55. The molecule has 1 heterocycles. The van der Waals surface area contributed by atoms with Gasteiger partial charge in [0.2, 0.25) is 0 Å². The highest BCUT2D eigenvalue weighted by molar-refractivity contribution is 5.84. The molecule has 2 rings (SSSR count). The van der Waals surface area contributed by atoms with Crippen LogP contribution in [0.5, 0.6) is 0 Å². The minimum atomic E-state index is -1.29. The molecule has 0 aliphatic carbocycles. The number of nitrogens with zero attached hydrogens (tertiary/aromatic N) is 3. The highest BCUT2D eigenvalue weighted by Crippen LogP contribution is 2.14. The van der Waals surface area contributed by atoms with Gasteiger partial charge in [-0.15, -0.1) is 0 Å². The van der Waals surface area contributed by atoms with Crippen LogP contribution in [0, 0.1) is 10.1 Å². The van der Waals surface area contributed by atoms with Gasteiger partial charge in [-0.3, -0.25) is 14.9 Å². The van der Waals surface area contributed by atoms with Crippen LogP contribution >= 0.6 is 0 Å². The molecule has 1 aromatic heterocycles. The van der Waals surface area contributed by atoms with Crippen molar-refractivity contribution in [3.05, 3.63) is 62.6 Å². The molecular formula is C11H7N3O5. The number of non-ortho nitro benzene ring substituents is 1. The molecule has 0 aliphatic rings. The van der Waals surface area contributed by atoms with Crippen molar-refractivity contribution in [2.45, 2.75) is 0 Å². The van der Waals surface area contributed by atoms with Gasteiger partial charge in [0.1, 0.15) is 0 Å². The van der Waals surface area contributed by atoms with Crippen LogP contribution in [0.15, 0.2) is 41.2 Å². The zero-order valence-corrected chi connectivity index (χ0v) is 9.39. The van der Waals surface area contributed by atoms with E-state index in [4.69, 9.17) is 5.11 Å². The lowest BCUT2D eigenvalue weighted by molar-refractivity contribution is -0.384. The molecule has 0 saturated heterocycles. The summed E-state index contributed by atoms with van der Waals surface area (Å²) in [6, 6.07) is 7.31. The van der Waals surface area contributed by atoms with E-state index in [1.165, 1.54) is 18.2 Å². The zero-order chi connectivity index (χ0) is 14.0. The molecule has 0 aliphatic heterocycles. The van der Waals surface area contributed by atoms with E-state index in [0.29, 0.717) is 0 Å². The molecule has 96 valence electrons. The summed E-state index contributed by atoms with van der Waals surface area (Å²) >= 11 is 0. The third kappa shape index (κ3) is 2.46. The van der Waals surface area contributed by atoms with Crippen molar-refractivity contribution in [1.29, 1.82) is 0 Å². The van der Waals surface area contributed by atoms with E-state index in [0.717, 1.165) is 22.9 Å². The fourth-order valence-electron chi connectivity index (χ4n) is 1.45. The quantitative estimate of drug-likeness (QED) is 0.646. The molecule has 8 heteroatoms. The zero-order valence-electron chi connectivity index (χ0n) is 9.39. The van der Waals surface area contributed by atoms with Crippen LogP contribution in [-0.4, -0.2) is 25.8 Å². The van der Waals surface area contributed by atoms with E-state index in [-0.39, 0.29) is 17.1 Å². The number of carbonyl (C=O) groups is 1. The van der Waals surface area contributed by atoms with Gasteiger partial charge in [-0.25, -0.2) is 4.79 Å². The van der Waals surface area contributed by atoms with Crippen molar-refractivity contribution >= 4 is 11.7 Å². The van der Waals surface area contributed by atoms with Gasteiger partial charge in [-0.05, 0) is 12.1 Å². The Morgan fingerprint density at radius 2 is 2.05 bits per heavy atom. The van der Waals surface area contributed by atoms with Gasteiger partial charge in [0.05, 0.1) is 10.6 Å². The summed E-state index contributed by atoms with van der Waals surface area (Å²) in [4.78, 5) is 32.4. The van der Waals surface area contributed by atoms with Crippen molar-refractivity contribution < 1.29 is 14.8 Å². The minimum Gasteiger partial charge on any atom is -0.476 e. The fraction of sp³-hybridized carbons (Fsp3) is 0. The van der Waals surface area contributed by atoms with Crippen LogP contribution in [0.4, 0.5) is 5.69 Å². The number of benzene rings is 1. The van der Waals surface area contributed by atoms with Crippen LogP contribution in [0.3, 0.4) is 0 Å². The number of aromatic nitrogens is 2. The number of hydrogen-bond acceptors (Lipinski definition) is 5. The number of carboxylic acid groups (broad SMARTS) is 1. The monoisotopic (exact) mass is 261 g/mol.